The average molecular weight is 300 g/mol. The molecule has 1 aromatic heterocycles. The fourth-order valence-electron chi connectivity index (χ4n) is 1.73. The van der Waals surface area contributed by atoms with Crippen LogP contribution in [-0.4, -0.2) is 34.9 Å². The zero-order chi connectivity index (χ0) is 13.9. The second kappa shape index (κ2) is 6.24. The number of thioether (sulfide) groups is 1. The molecule has 6 heteroatoms. The predicted molar refractivity (Wildman–Crippen MR) is 78.8 cm³/mol. The van der Waals surface area contributed by atoms with Crippen molar-refractivity contribution < 1.29 is 9.53 Å². The van der Waals surface area contributed by atoms with Gasteiger partial charge in [-0.3, -0.25) is 10.1 Å². The molecule has 1 aromatic rings. The van der Waals surface area contributed by atoms with Crippen LogP contribution in [0.1, 0.15) is 32.4 Å². The maximum atomic E-state index is 12.1. The lowest BCUT2D eigenvalue weighted by atomic mass is 10.1. The molecule has 2 rings (SSSR count). The largest absolute Gasteiger partial charge is 0.465 e. The van der Waals surface area contributed by atoms with Crippen LogP contribution in [0.5, 0.6) is 0 Å². The van der Waals surface area contributed by atoms with Gasteiger partial charge in [0.2, 0.25) is 0 Å². The third-order valence-electron chi connectivity index (χ3n) is 2.91. The van der Waals surface area contributed by atoms with Crippen LogP contribution < -0.4 is 5.32 Å². The minimum Gasteiger partial charge on any atom is -0.465 e. The van der Waals surface area contributed by atoms with E-state index in [0.717, 1.165) is 22.9 Å². The molecule has 0 aliphatic heterocycles. The highest BCUT2D eigenvalue weighted by atomic mass is 32.2. The molecule has 0 bridgehead atoms. The smallest absolute Gasteiger partial charge is 0.326 e. The second-order valence-corrected chi connectivity index (χ2v) is 7.10. The summed E-state index contributed by atoms with van der Waals surface area (Å²) in [6, 6.07) is 0.466. The van der Waals surface area contributed by atoms with Gasteiger partial charge in [-0.15, -0.1) is 11.3 Å². The number of nitrogens with one attached hydrogen (secondary N) is 1. The van der Waals surface area contributed by atoms with Gasteiger partial charge in [0.25, 0.3) is 0 Å². The van der Waals surface area contributed by atoms with Crippen LogP contribution in [0.2, 0.25) is 0 Å². The Balaban J connectivity index is 1.97. The summed E-state index contributed by atoms with van der Waals surface area (Å²) in [5.74, 6) is 0.484. The van der Waals surface area contributed by atoms with Gasteiger partial charge in [0.1, 0.15) is 9.88 Å². The number of hydrogen-bond donors (Lipinski definition) is 1. The molecule has 1 unspecified atom stereocenters. The van der Waals surface area contributed by atoms with Gasteiger partial charge < -0.3 is 4.74 Å². The summed E-state index contributed by atoms with van der Waals surface area (Å²) in [6.45, 7) is 6.17. The summed E-state index contributed by atoms with van der Waals surface area (Å²) in [5.41, 5.74) is 0.405. The summed E-state index contributed by atoms with van der Waals surface area (Å²) < 4.78 is 6.20. The molecule has 0 spiro atoms. The van der Waals surface area contributed by atoms with Gasteiger partial charge in [0.05, 0.1) is 6.61 Å². The number of rotatable bonds is 7. The molecule has 1 atom stereocenters. The van der Waals surface area contributed by atoms with Gasteiger partial charge in [-0.1, -0.05) is 11.8 Å². The van der Waals surface area contributed by atoms with E-state index in [2.05, 4.69) is 10.3 Å². The molecule has 1 fully saturated rings. The molecule has 0 amide bonds. The molecule has 1 aliphatic rings. The first-order chi connectivity index (χ1) is 9.03. The summed E-state index contributed by atoms with van der Waals surface area (Å²) in [6.07, 6.45) is 2.30. The number of aromatic nitrogens is 1. The van der Waals surface area contributed by atoms with Gasteiger partial charge in [-0.05, 0) is 33.6 Å². The summed E-state index contributed by atoms with van der Waals surface area (Å²) >= 11 is 3.24. The van der Waals surface area contributed by atoms with Crippen molar-refractivity contribution in [1.82, 2.24) is 10.3 Å². The molecular weight excluding hydrogens is 280 g/mol. The molecule has 0 radical (unpaired) electrons. The molecular formula is C13H20N2O2S2. The van der Waals surface area contributed by atoms with Crippen molar-refractivity contribution in [1.29, 1.82) is 0 Å². The highest BCUT2D eigenvalue weighted by Gasteiger charge is 2.39. The number of carbonyl (C=O) groups is 1. The number of ether oxygens (including phenoxy) is 1. The Hall–Kier alpha value is -0.590. The van der Waals surface area contributed by atoms with Crippen molar-refractivity contribution in [2.45, 2.75) is 49.5 Å². The first-order valence-electron chi connectivity index (χ1n) is 6.53. The number of esters is 1. The van der Waals surface area contributed by atoms with Crippen LogP contribution in [0, 0.1) is 6.92 Å². The summed E-state index contributed by atoms with van der Waals surface area (Å²) in [7, 11) is 0. The van der Waals surface area contributed by atoms with Crippen molar-refractivity contribution in [3.05, 3.63) is 11.1 Å². The third kappa shape index (κ3) is 4.19. The van der Waals surface area contributed by atoms with Crippen LogP contribution >= 0.6 is 23.1 Å². The molecule has 0 aromatic carbocycles. The van der Waals surface area contributed by atoms with Crippen molar-refractivity contribution in [2.75, 3.05) is 12.4 Å². The second-order valence-electron chi connectivity index (χ2n) is 5.01. The summed E-state index contributed by atoms with van der Waals surface area (Å²) in [4.78, 5) is 16.6. The quantitative estimate of drug-likeness (QED) is 0.619. The Morgan fingerprint density at radius 2 is 2.42 bits per heavy atom. The van der Waals surface area contributed by atoms with Crippen LogP contribution in [-0.2, 0) is 9.53 Å². The van der Waals surface area contributed by atoms with Crippen LogP contribution in [0.3, 0.4) is 0 Å². The fraction of sp³-hybridized carbons (Fsp3) is 0.692. The van der Waals surface area contributed by atoms with Crippen LogP contribution in [0.25, 0.3) is 0 Å². The molecule has 1 aliphatic carbocycles. The highest BCUT2D eigenvalue weighted by molar-refractivity contribution is 8.01. The van der Waals surface area contributed by atoms with Gasteiger partial charge in [0, 0.05) is 22.9 Å². The van der Waals surface area contributed by atoms with E-state index in [1.807, 2.05) is 26.2 Å². The minimum atomic E-state index is -0.624. The first-order valence-corrected chi connectivity index (χ1v) is 8.40. The number of aryl methyl sites for hydroxylation is 1. The van der Waals surface area contributed by atoms with Crippen LogP contribution in [0.15, 0.2) is 9.72 Å². The monoisotopic (exact) mass is 300 g/mol. The zero-order valence-corrected chi connectivity index (χ0v) is 13.2. The lowest BCUT2D eigenvalue weighted by Gasteiger charge is -2.27. The topological polar surface area (TPSA) is 51.2 Å². The Morgan fingerprint density at radius 3 is 2.95 bits per heavy atom. The first kappa shape index (κ1) is 14.8. The van der Waals surface area contributed by atoms with Gasteiger partial charge >= 0.3 is 5.97 Å². The average Bonchev–Trinajstić information content (AvgIpc) is 3.07. The van der Waals surface area contributed by atoms with E-state index < -0.39 is 5.54 Å². The highest BCUT2D eigenvalue weighted by Crippen LogP contribution is 2.29. The van der Waals surface area contributed by atoms with Gasteiger partial charge in [-0.25, -0.2) is 4.98 Å². The fourth-order valence-corrected chi connectivity index (χ4v) is 3.67. The SMILES string of the molecule is CCOC(=O)C(C)(CSc1nc(C)cs1)NC1CC1. The maximum absolute atomic E-state index is 12.1. The van der Waals surface area contributed by atoms with Crippen LogP contribution in [0.4, 0.5) is 0 Å². The third-order valence-corrected chi connectivity index (χ3v) is 5.36. The van der Waals surface area contributed by atoms with Crippen molar-refractivity contribution in [2.24, 2.45) is 0 Å². The molecule has 19 heavy (non-hydrogen) atoms. The molecule has 0 saturated heterocycles. The normalized spacial score (nSPS) is 18.1. The molecule has 1 saturated carbocycles. The van der Waals surface area contributed by atoms with E-state index in [1.165, 1.54) is 0 Å². The number of hydrogen-bond acceptors (Lipinski definition) is 6. The zero-order valence-electron chi connectivity index (χ0n) is 11.6. The van der Waals surface area contributed by atoms with Crippen molar-refractivity contribution >= 4 is 29.1 Å². The molecule has 106 valence electrons. The van der Waals surface area contributed by atoms with Gasteiger partial charge in [-0.2, -0.15) is 0 Å². The number of nitrogens with zero attached hydrogens (tertiary/aromatic N) is 1. The Bertz CT molecular complexity index is 446. The molecule has 1 heterocycles. The van der Waals surface area contributed by atoms with E-state index in [0.29, 0.717) is 18.4 Å². The van der Waals surface area contributed by atoms with Gasteiger partial charge in [0.15, 0.2) is 0 Å². The van der Waals surface area contributed by atoms with E-state index in [1.54, 1.807) is 23.1 Å². The number of carbonyl (C=O) groups excluding carboxylic acids is 1. The predicted octanol–water partition coefficient (Wildman–Crippen LogP) is 2.62. The summed E-state index contributed by atoms with van der Waals surface area (Å²) in [5, 5.41) is 5.44. The minimum absolute atomic E-state index is 0.164. The van der Waals surface area contributed by atoms with Crippen molar-refractivity contribution in [3.8, 4) is 0 Å². The lowest BCUT2D eigenvalue weighted by Crippen LogP contribution is -2.53. The standard InChI is InChI=1S/C13H20N2O2S2/c1-4-17-11(16)13(3,15-10-5-6-10)8-19-12-14-9(2)7-18-12/h7,10,15H,4-6,8H2,1-3H3. The number of thiazole rings is 1. The van der Waals surface area contributed by atoms with Crippen molar-refractivity contribution in [3.63, 3.8) is 0 Å². The Kier molecular flexibility index (Phi) is 4.86. The Morgan fingerprint density at radius 1 is 1.68 bits per heavy atom. The van der Waals surface area contributed by atoms with E-state index in [9.17, 15) is 4.79 Å². The van der Waals surface area contributed by atoms with E-state index >= 15 is 0 Å². The van der Waals surface area contributed by atoms with E-state index in [-0.39, 0.29) is 5.97 Å². The molecule has 1 N–H and O–H groups in total. The Labute approximate surface area is 122 Å². The molecule has 4 nitrogen and oxygen atoms in total. The van der Waals surface area contributed by atoms with E-state index in [4.69, 9.17) is 4.74 Å². The lowest BCUT2D eigenvalue weighted by molar-refractivity contribution is -0.149. The maximum Gasteiger partial charge on any atom is 0.326 e.